The first kappa shape index (κ1) is 27.8. The molecule has 0 saturated heterocycles. The number of fused-ring (bicyclic) bond motifs is 1. The molecule has 0 unspecified atom stereocenters. The second-order valence-electron chi connectivity index (χ2n) is 8.65. The van der Waals surface area contributed by atoms with Gasteiger partial charge in [-0.1, -0.05) is 65.1 Å². The van der Waals surface area contributed by atoms with Crippen molar-refractivity contribution in [3.8, 4) is 11.6 Å². The number of anilines is 1. The molecule has 0 aliphatic rings. The standard InChI is InChI=1S/C28H21Cl3N4O4S/c29-18-13-25(35-40(37,38)19-9-10-22(30)23(31)14-19)28(34-16-18)39-26-8-4-2-6-21(26)27(36)32-12-11-17-15-33-24-7-3-1-5-20(17)24/h1-10,13-16,33,35H,11-12H2,(H,32,36). The summed E-state index contributed by atoms with van der Waals surface area (Å²) in [6, 6.07) is 19.8. The summed E-state index contributed by atoms with van der Waals surface area (Å²) in [4.78, 5) is 20.3. The SMILES string of the molecule is O=C(NCCc1c[nH]c2ccccc12)c1ccccc1Oc1ncc(Cl)cc1NS(=O)(=O)c1ccc(Cl)c(Cl)c1. The number of rotatable bonds is 9. The lowest BCUT2D eigenvalue weighted by Crippen LogP contribution is -2.26. The van der Waals surface area contributed by atoms with Gasteiger partial charge in [0.25, 0.3) is 15.9 Å². The lowest BCUT2D eigenvalue weighted by molar-refractivity contribution is 0.0951. The van der Waals surface area contributed by atoms with Crippen molar-refractivity contribution in [1.29, 1.82) is 0 Å². The van der Waals surface area contributed by atoms with E-state index in [4.69, 9.17) is 39.5 Å². The zero-order valence-corrected chi connectivity index (χ0v) is 23.7. The monoisotopic (exact) mass is 614 g/mol. The van der Waals surface area contributed by atoms with Crippen LogP contribution >= 0.6 is 34.8 Å². The third-order valence-corrected chi connectivity index (χ3v) is 8.27. The molecule has 0 aliphatic heterocycles. The highest BCUT2D eigenvalue weighted by Crippen LogP contribution is 2.34. The smallest absolute Gasteiger partial charge is 0.262 e. The molecule has 40 heavy (non-hydrogen) atoms. The maximum atomic E-state index is 13.1. The Morgan fingerprint density at radius 1 is 0.950 bits per heavy atom. The minimum absolute atomic E-state index is 0.0341. The second-order valence-corrected chi connectivity index (χ2v) is 11.6. The van der Waals surface area contributed by atoms with Gasteiger partial charge in [-0.15, -0.1) is 0 Å². The second kappa shape index (κ2) is 11.8. The van der Waals surface area contributed by atoms with Crippen molar-refractivity contribution in [3.63, 3.8) is 0 Å². The van der Waals surface area contributed by atoms with E-state index < -0.39 is 10.0 Å². The molecule has 2 heterocycles. The van der Waals surface area contributed by atoms with Gasteiger partial charge in [0, 0.05) is 29.8 Å². The number of pyridine rings is 1. The van der Waals surface area contributed by atoms with Crippen molar-refractivity contribution in [3.05, 3.63) is 111 Å². The van der Waals surface area contributed by atoms with Gasteiger partial charge in [0.15, 0.2) is 0 Å². The first-order valence-electron chi connectivity index (χ1n) is 11.9. The predicted molar refractivity (Wildman–Crippen MR) is 157 cm³/mol. The zero-order chi connectivity index (χ0) is 28.3. The number of H-pyrrole nitrogens is 1. The van der Waals surface area contributed by atoms with E-state index in [0.29, 0.717) is 13.0 Å². The quantitative estimate of drug-likeness (QED) is 0.164. The van der Waals surface area contributed by atoms with Crippen molar-refractivity contribution in [2.75, 3.05) is 11.3 Å². The molecule has 204 valence electrons. The molecule has 8 nitrogen and oxygen atoms in total. The Morgan fingerprint density at radius 3 is 2.55 bits per heavy atom. The van der Waals surface area contributed by atoms with Crippen LogP contribution in [-0.2, 0) is 16.4 Å². The summed E-state index contributed by atoms with van der Waals surface area (Å²) in [5, 5.41) is 4.48. The third-order valence-electron chi connectivity index (χ3n) is 5.96. The molecule has 0 fully saturated rings. The Kier molecular flexibility index (Phi) is 8.18. The van der Waals surface area contributed by atoms with E-state index in [0.717, 1.165) is 16.5 Å². The predicted octanol–water partition coefficient (Wildman–Crippen LogP) is 7.09. The van der Waals surface area contributed by atoms with Crippen LogP contribution in [0.15, 0.2) is 90.1 Å². The molecule has 0 radical (unpaired) electrons. The number of ether oxygens (including phenoxy) is 1. The number of para-hydroxylation sites is 2. The molecule has 5 rings (SSSR count). The van der Waals surface area contributed by atoms with E-state index in [-0.39, 0.29) is 48.8 Å². The van der Waals surface area contributed by atoms with Gasteiger partial charge >= 0.3 is 0 Å². The Hall–Kier alpha value is -3.76. The average Bonchev–Trinajstić information content (AvgIpc) is 3.35. The van der Waals surface area contributed by atoms with Gasteiger partial charge in [-0.3, -0.25) is 9.52 Å². The Bertz CT molecular complexity index is 1830. The van der Waals surface area contributed by atoms with Crippen LogP contribution in [0.5, 0.6) is 11.6 Å². The molecular formula is C28H21Cl3N4O4S. The molecule has 1 amide bonds. The molecule has 0 spiro atoms. The van der Waals surface area contributed by atoms with E-state index in [2.05, 4.69) is 20.0 Å². The minimum Gasteiger partial charge on any atom is -0.436 e. The van der Waals surface area contributed by atoms with Crippen LogP contribution in [0.2, 0.25) is 15.1 Å². The van der Waals surface area contributed by atoms with E-state index in [1.807, 2.05) is 30.5 Å². The number of carbonyl (C=O) groups excluding carboxylic acids is 1. The van der Waals surface area contributed by atoms with Crippen molar-refractivity contribution < 1.29 is 17.9 Å². The summed E-state index contributed by atoms with van der Waals surface area (Å²) < 4.78 is 34.5. The fourth-order valence-corrected chi connectivity index (χ4v) is 5.62. The summed E-state index contributed by atoms with van der Waals surface area (Å²) in [6.45, 7) is 0.392. The number of halogens is 3. The summed E-state index contributed by atoms with van der Waals surface area (Å²) in [5.74, 6) is -0.286. The number of nitrogens with one attached hydrogen (secondary N) is 3. The van der Waals surface area contributed by atoms with Crippen LogP contribution in [0.1, 0.15) is 15.9 Å². The van der Waals surface area contributed by atoms with Crippen LogP contribution in [-0.4, -0.2) is 30.8 Å². The van der Waals surface area contributed by atoms with Crippen molar-refractivity contribution in [1.82, 2.24) is 15.3 Å². The fraction of sp³-hybridized carbons (Fsp3) is 0.0714. The largest absolute Gasteiger partial charge is 0.436 e. The molecule has 2 aromatic heterocycles. The van der Waals surface area contributed by atoms with Crippen LogP contribution in [0, 0.1) is 0 Å². The molecule has 3 N–H and O–H groups in total. The van der Waals surface area contributed by atoms with Gasteiger partial charge < -0.3 is 15.0 Å². The van der Waals surface area contributed by atoms with Crippen LogP contribution in [0.25, 0.3) is 10.9 Å². The van der Waals surface area contributed by atoms with E-state index in [1.54, 1.807) is 24.3 Å². The fourth-order valence-electron chi connectivity index (χ4n) is 4.02. The number of amides is 1. The number of aromatic nitrogens is 2. The van der Waals surface area contributed by atoms with E-state index >= 15 is 0 Å². The van der Waals surface area contributed by atoms with Gasteiger partial charge in [0.2, 0.25) is 5.88 Å². The number of sulfonamides is 1. The molecule has 0 bridgehead atoms. The van der Waals surface area contributed by atoms with Crippen LogP contribution in [0.4, 0.5) is 5.69 Å². The number of hydrogen-bond donors (Lipinski definition) is 3. The van der Waals surface area contributed by atoms with Gasteiger partial charge in [0.1, 0.15) is 11.4 Å². The lowest BCUT2D eigenvalue weighted by Gasteiger charge is -2.15. The van der Waals surface area contributed by atoms with Gasteiger partial charge in [-0.25, -0.2) is 13.4 Å². The van der Waals surface area contributed by atoms with E-state index in [1.165, 1.54) is 30.5 Å². The molecule has 0 saturated carbocycles. The van der Waals surface area contributed by atoms with Gasteiger partial charge in [-0.2, -0.15) is 0 Å². The highest BCUT2D eigenvalue weighted by atomic mass is 35.5. The number of aromatic amines is 1. The van der Waals surface area contributed by atoms with Crippen molar-refractivity contribution in [2.45, 2.75) is 11.3 Å². The molecular weight excluding hydrogens is 595 g/mol. The van der Waals surface area contributed by atoms with Crippen LogP contribution in [0.3, 0.4) is 0 Å². The highest BCUT2D eigenvalue weighted by Gasteiger charge is 2.21. The normalized spacial score (nSPS) is 11.4. The summed E-state index contributed by atoms with van der Waals surface area (Å²) >= 11 is 18.0. The molecule has 5 aromatic rings. The molecule has 0 aliphatic carbocycles. The first-order chi connectivity index (χ1) is 19.2. The number of hydrogen-bond acceptors (Lipinski definition) is 5. The Morgan fingerprint density at radius 2 is 1.73 bits per heavy atom. The summed E-state index contributed by atoms with van der Waals surface area (Å²) in [6.07, 6.45) is 3.86. The average molecular weight is 616 g/mol. The van der Waals surface area contributed by atoms with Crippen molar-refractivity contribution in [2.24, 2.45) is 0 Å². The molecule has 12 heteroatoms. The first-order valence-corrected chi connectivity index (χ1v) is 14.6. The van der Waals surface area contributed by atoms with Gasteiger partial charge in [0.05, 0.1) is 25.5 Å². The molecule has 3 aromatic carbocycles. The lowest BCUT2D eigenvalue weighted by atomic mass is 10.1. The number of carbonyl (C=O) groups is 1. The maximum absolute atomic E-state index is 13.1. The minimum atomic E-state index is -4.11. The number of nitrogens with zero attached hydrogens (tertiary/aromatic N) is 1. The topological polar surface area (TPSA) is 113 Å². The summed E-state index contributed by atoms with van der Waals surface area (Å²) in [7, 11) is -4.11. The summed E-state index contributed by atoms with van der Waals surface area (Å²) in [5.41, 5.74) is 2.33. The van der Waals surface area contributed by atoms with Crippen LogP contribution < -0.4 is 14.8 Å². The highest BCUT2D eigenvalue weighted by molar-refractivity contribution is 7.92. The zero-order valence-electron chi connectivity index (χ0n) is 20.6. The maximum Gasteiger partial charge on any atom is 0.262 e. The van der Waals surface area contributed by atoms with Crippen molar-refractivity contribution >= 4 is 67.3 Å². The third kappa shape index (κ3) is 6.18. The Labute approximate surface area is 245 Å². The van der Waals surface area contributed by atoms with E-state index in [9.17, 15) is 13.2 Å². The Balaban J connectivity index is 1.34. The number of benzene rings is 3. The van der Waals surface area contributed by atoms with Gasteiger partial charge in [-0.05, 0) is 54.4 Å². The molecule has 0 atom stereocenters.